The predicted octanol–water partition coefficient (Wildman–Crippen LogP) is 2.21. The monoisotopic (exact) mass is 211 g/mol. The smallest absolute Gasteiger partial charge is 0.124 e. The van der Waals surface area contributed by atoms with Crippen LogP contribution in [-0.2, 0) is 6.54 Å². The fourth-order valence-corrected chi connectivity index (χ4v) is 2.86. The molecular weight excluding hydrogens is 194 g/mol. The van der Waals surface area contributed by atoms with E-state index in [0.29, 0.717) is 6.04 Å². The minimum Gasteiger partial charge on any atom is -0.367 e. The van der Waals surface area contributed by atoms with Crippen LogP contribution < -0.4 is 5.32 Å². The van der Waals surface area contributed by atoms with Gasteiger partial charge in [0.05, 0.1) is 6.20 Å². The van der Waals surface area contributed by atoms with E-state index in [-0.39, 0.29) is 0 Å². The topological polar surface area (TPSA) is 29.9 Å². The van der Waals surface area contributed by atoms with Crippen molar-refractivity contribution in [1.82, 2.24) is 9.78 Å². The third kappa shape index (κ3) is 2.23. The molecule has 0 aromatic carbocycles. The van der Waals surface area contributed by atoms with Crippen molar-refractivity contribution in [2.75, 3.05) is 16.8 Å². The van der Waals surface area contributed by atoms with Crippen LogP contribution in [0.15, 0.2) is 12.3 Å². The molecule has 2 heterocycles. The normalized spacial score (nSPS) is 21.4. The second kappa shape index (κ2) is 4.73. The zero-order valence-electron chi connectivity index (χ0n) is 8.57. The molecule has 1 aromatic heterocycles. The van der Waals surface area contributed by atoms with Crippen LogP contribution in [0, 0.1) is 0 Å². The van der Waals surface area contributed by atoms with Crippen LogP contribution in [0.1, 0.15) is 19.8 Å². The molecule has 0 amide bonds. The molecule has 14 heavy (non-hydrogen) atoms. The number of nitrogens with zero attached hydrogens (tertiary/aromatic N) is 2. The highest BCUT2D eigenvalue weighted by atomic mass is 32.2. The number of aryl methyl sites for hydroxylation is 1. The van der Waals surface area contributed by atoms with Gasteiger partial charge in [0.2, 0.25) is 0 Å². The van der Waals surface area contributed by atoms with Crippen molar-refractivity contribution in [3.05, 3.63) is 12.3 Å². The summed E-state index contributed by atoms with van der Waals surface area (Å²) < 4.78 is 2.06. The molecule has 1 atom stereocenters. The Kier molecular flexibility index (Phi) is 3.35. The molecule has 1 N–H and O–H groups in total. The fourth-order valence-electron chi connectivity index (χ4n) is 1.70. The van der Waals surface area contributed by atoms with E-state index in [4.69, 9.17) is 0 Å². The zero-order chi connectivity index (χ0) is 9.80. The van der Waals surface area contributed by atoms with E-state index in [9.17, 15) is 0 Å². The lowest BCUT2D eigenvalue weighted by Crippen LogP contribution is -2.20. The van der Waals surface area contributed by atoms with E-state index in [1.165, 1.54) is 23.7 Å². The predicted molar refractivity (Wildman–Crippen MR) is 61.9 cm³/mol. The summed E-state index contributed by atoms with van der Waals surface area (Å²) in [6.07, 6.45) is 4.29. The Labute approximate surface area is 89.3 Å². The molecule has 0 radical (unpaired) electrons. The van der Waals surface area contributed by atoms with Gasteiger partial charge < -0.3 is 5.32 Å². The first-order chi connectivity index (χ1) is 6.90. The zero-order valence-corrected chi connectivity index (χ0v) is 9.39. The summed E-state index contributed by atoms with van der Waals surface area (Å²) in [6, 6.07) is 2.71. The van der Waals surface area contributed by atoms with Gasteiger partial charge in [-0.25, -0.2) is 4.68 Å². The first kappa shape index (κ1) is 9.90. The van der Waals surface area contributed by atoms with Gasteiger partial charge in [-0.15, -0.1) is 0 Å². The Bertz CT molecular complexity index is 279. The quantitative estimate of drug-likeness (QED) is 0.828. The highest BCUT2D eigenvalue weighted by Crippen LogP contribution is 2.21. The van der Waals surface area contributed by atoms with Gasteiger partial charge in [-0.05, 0) is 18.6 Å². The first-order valence-electron chi connectivity index (χ1n) is 5.26. The van der Waals surface area contributed by atoms with E-state index in [2.05, 4.69) is 28.1 Å². The van der Waals surface area contributed by atoms with E-state index < -0.39 is 0 Å². The molecule has 1 aromatic rings. The summed E-state index contributed by atoms with van der Waals surface area (Å²) in [5, 5.41) is 7.85. The van der Waals surface area contributed by atoms with Crippen molar-refractivity contribution in [1.29, 1.82) is 0 Å². The third-order valence-electron chi connectivity index (χ3n) is 2.43. The highest BCUT2D eigenvalue weighted by molar-refractivity contribution is 7.99. The Morgan fingerprint density at radius 3 is 3.36 bits per heavy atom. The van der Waals surface area contributed by atoms with Gasteiger partial charge in [0, 0.05) is 24.4 Å². The Hall–Kier alpha value is -0.640. The molecular formula is C10H17N3S. The van der Waals surface area contributed by atoms with Gasteiger partial charge in [0.1, 0.15) is 5.82 Å². The lowest BCUT2D eigenvalue weighted by molar-refractivity contribution is 0.602. The van der Waals surface area contributed by atoms with Crippen molar-refractivity contribution in [3.63, 3.8) is 0 Å². The van der Waals surface area contributed by atoms with Crippen LogP contribution in [0.4, 0.5) is 5.82 Å². The molecule has 0 saturated carbocycles. The van der Waals surface area contributed by atoms with E-state index in [1.807, 2.05) is 18.0 Å². The second-order valence-corrected chi connectivity index (χ2v) is 4.79. The maximum atomic E-state index is 4.30. The summed E-state index contributed by atoms with van der Waals surface area (Å²) >= 11 is 2.03. The standard InChI is InChI=1S/C10H17N3S/c1-2-6-13-10(3-5-11-13)12-9-4-7-14-8-9/h3,5,9,12H,2,4,6-8H2,1H3. The molecule has 78 valence electrons. The average molecular weight is 211 g/mol. The van der Waals surface area contributed by atoms with Crippen LogP contribution >= 0.6 is 11.8 Å². The minimum atomic E-state index is 0.646. The van der Waals surface area contributed by atoms with Gasteiger partial charge in [-0.1, -0.05) is 6.92 Å². The van der Waals surface area contributed by atoms with Crippen molar-refractivity contribution in [3.8, 4) is 0 Å². The number of nitrogens with one attached hydrogen (secondary N) is 1. The van der Waals surface area contributed by atoms with Crippen LogP contribution in [0.2, 0.25) is 0 Å². The van der Waals surface area contributed by atoms with Crippen molar-refractivity contribution >= 4 is 17.6 Å². The van der Waals surface area contributed by atoms with Crippen molar-refractivity contribution < 1.29 is 0 Å². The summed E-state index contributed by atoms with van der Waals surface area (Å²) in [4.78, 5) is 0. The van der Waals surface area contributed by atoms with Gasteiger partial charge in [-0.2, -0.15) is 16.9 Å². The molecule has 1 fully saturated rings. The second-order valence-electron chi connectivity index (χ2n) is 3.64. The summed E-state index contributed by atoms with van der Waals surface area (Å²) in [7, 11) is 0. The molecule has 0 aliphatic carbocycles. The molecule has 1 aliphatic rings. The molecule has 4 heteroatoms. The van der Waals surface area contributed by atoms with E-state index >= 15 is 0 Å². The van der Waals surface area contributed by atoms with Crippen LogP contribution in [0.3, 0.4) is 0 Å². The lowest BCUT2D eigenvalue weighted by atomic mass is 10.2. The summed E-state index contributed by atoms with van der Waals surface area (Å²) in [5.74, 6) is 3.70. The molecule has 1 saturated heterocycles. The summed E-state index contributed by atoms with van der Waals surface area (Å²) in [5.41, 5.74) is 0. The number of anilines is 1. The maximum Gasteiger partial charge on any atom is 0.124 e. The van der Waals surface area contributed by atoms with Gasteiger partial charge in [-0.3, -0.25) is 0 Å². The Morgan fingerprint density at radius 1 is 1.71 bits per heavy atom. The summed E-state index contributed by atoms with van der Waals surface area (Å²) in [6.45, 7) is 3.19. The van der Waals surface area contributed by atoms with Gasteiger partial charge >= 0.3 is 0 Å². The number of rotatable bonds is 4. The van der Waals surface area contributed by atoms with Gasteiger partial charge in [0.15, 0.2) is 0 Å². The Balaban J connectivity index is 1.96. The Morgan fingerprint density at radius 2 is 2.64 bits per heavy atom. The molecule has 2 rings (SSSR count). The molecule has 1 unspecified atom stereocenters. The fraction of sp³-hybridized carbons (Fsp3) is 0.700. The lowest BCUT2D eigenvalue weighted by Gasteiger charge is -2.13. The molecule has 1 aliphatic heterocycles. The molecule has 0 bridgehead atoms. The third-order valence-corrected chi connectivity index (χ3v) is 3.60. The first-order valence-corrected chi connectivity index (χ1v) is 6.41. The van der Waals surface area contributed by atoms with Gasteiger partial charge in [0.25, 0.3) is 0 Å². The molecule has 3 nitrogen and oxygen atoms in total. The number of thioether (sulfide) groups is 1. The SMILES string of the molecule is CCCn1nccc1NC1CCSC1. The van der Waals surface area contributed by atoms with E-state index in [0.717, 1.165) is 13.0 Å². The van der Waals surface area contributed by atoms with Crippen molar-refractivity contribution in [2.24, 2.45) is 0 Å². The minimum absolute atomic E-state index is 0.646. The van der Waals surface area contributed by atoms with Crippen molar-refractivity contribution in [2.45, 2.75) is 32.4 Å². The highest BCUT2D eigenvalue weighted by Gasteiger charge is 2.16. The largest absolute Gasteiger partial charge is 0.367 e. The van der Waals surface area contributed by atoms with E-state index in [1.54, 1.807) is 0 Å². The number of hydrogen-bond donors (Lipinski definition) is 1. The average Bonchev–Trinajstić information content (AvgIpc) is 2.80. The van der Waals surface area contributed by atoms with Crippen LogP contribution in [0.25, 0.3) is 0 Å². The van der Waals surface area contributed by atoms with Crippen LogP contribution in [-0.4, -0.2) is 27.3 Å². The molecule has 0 spiro atoms. The van der Waals surface area contributed by atoms with Crippen LogP contribution in [0.5, 0.6) is 0 Å². The number of hydrogen-bond acceptors (Lipinski definition) is 3. The maximum absolute atomic E-state index is 4.30. The number of aromatic nitrogens is 2.